The Morgan fingerprint density at radius 2 is 1.39 bits per heavy atom. The molecule has 10 heteroatoms. The summed E-state index contributed by atoms with van der Waals surface area (Å²) in [5.41, 5.74) is 1.90. The summed E-state index contributed by atoms with van der Waals surface area (Å²) < 4.78 is 39.8. The molecule has 0 aliphatic heterocycles. The lowest BCUT2D eigenvalue weighted by molar-refractivity contribution is -0.140. The Labute approximate surface area is 259 Å². The van der Waals surface area contributed by atoms with E-state index in [4.69, 9.17) is 9.47 Å². The quantitative estimate of drug-likeness (QED) is 0.221. The molecule has 0 saturated heterocycles. The molecule has 44 heavy (non-hydrogen) atoms. The zero-order valence-corrected chi connectivity index (χ0v) is 25.9. The van der Waals surface area contributed by atoms with E-state index in [-0.39, 0.29) is 23.8 Å². The van der Waals surface area contributed by atoms with Gasteiger partial charge in [0.25, 0.3) is 10.0 Å². The molecule has 1 atom stereocenters. The normalized spacial score (nSPS) is 11.7. The highest BCUT2D eigenvalue weighted by molar-refractivity contribution is 7.92. The number of anilines is 1. The van der Waals surface area contributed by atoms with Gasteiger partial charge in [0, 0.05) is 19.5 Å². The number of carbonyl (C=O) groups excluding carboxylic acids is 2. The van der Waals surface area contributed by atoms with Crippen LogP contribution >= 0.6 is 0 Å². The van der Waals surface area contributed by atoms with Crippen LogP contribution in [0.1, 0.15) is 18.1 Å². The van der Waals surface area contributed by atoms with Gasteiger partial charge in [0.15, 0.2) is 0 Å². The first-order valence-corrected chi connectivity index (χ1v) is 15.7. The molecule has 0 aliphatic carbocycles. The molecule has 0 spiro atoms. The number of methoxy groups -OCH3 is 2. The lowest BCUT2D eigenvalue weighted by Gasteiger charge is -2.34. The average Bonchev–Trinajstić information content (AvgIpc) is 3.06. The SMILES string of the molecule is CCNC(=O)[C@@H](Cc1ccccc1)N(Cc1cccc(OC)c1)C(=O)CN(c1ccccc1)S(=O)(=O)c1ccc(OC)cc1. The molecule has 0 unspecified atom stereocenters. The third-order valence-corrected chi connectivity index (χ3v) is 8.87. The van der Waals surface area contributed by atoms with E-state index in [9.17, 15) is 18.0 Å². The van der Waals surface area contributed by atoms with Crippen molar-refractivity contribution in [1.29, 1.82) is 0 Å². The standard InChI is InChI=1S/C34H37N3O6S/c1-4-35-34(39)32(23-26-12-7-5-8-13-26)36(24-27-14-11-17-30(22-27)43-3)33(38)25-37(28-15-9-6-10-16-28)44(40,41)31-20-18-29(42-2)19-21-31/h5-22,32H,4,23-25H2,1-3H3,(H,35,39)/t32-/m1/s1. The fourth-order valence-corrected chi connectivity index (χ4v) is 6.23. The summed E-state index contributed by atoms with van der Waals surface area (Å²) in [5.74, 6) is 0.222. The monoisotopic (exact) mass is 615 g/mol. The first-order valence-electron chi connectivity index (χ1n) is 14.2. The van der Waals surface area contributed by atoms with Gasteiger partial charge in [-0.15, -0.1) is 0 Å². The van der Waals surface area contributed by atoms with Crippen LogP contribution in [0.25, 0.3) is 0 Å². The van der Waals surface area contributed by atoms with Crippen molar-refractivity contribution in [2.24, 2.45) is 0 Å². The van der Waals surface area contributed by atoms with Gasteiger partial charge >= 0.3 is 0 Å². The van der Waals surface area contributed by atoms with Gasteiger partial charge in [-0.2, -0.15) is 0 Å². The Kier molecular flexibility index (Phi) is 11.0. The highest BCUT2D eigenvalue weighted by Crippen LogP contribution is 2.26. The molecule has 1 N–H and O–H groups in total. The molecular weight excluding hydrogens is 578 g/mol. The van der Waals surface area contributed by atoms with E-state index >= 15 is 0 Å². The summed E-state index contributed by atoms with van der Waals surface area (Å²) in [6.45, 7) is 1.69. The van der Waals surface area contributed by atoms with Crippen LogP contribution < -0.4 is 19.1 Å². The molecule has 4 aromatic rings. The summed E-state index contributed by atoms with van der Waals surface area (Å²) in [7, 11) is -1.15. The Balaban J connectivity index is 1.78. The zero-order chi connectivity index (χ0) is 31.5. The van der Waals surface area contributed by atoms with Crippen molar-refractivity contribution in [1.82, 2.24) is 10.2 Å². The molecule has 230 valence electrons. The predicted octanol–water partition coefficient (Wildman–Crippen LogP) is 4.68. The van der Waals surface area contributed by atoms with E-state index in [1.807, 2.05) is 43.3 Å². The largest absolute Gasteiger partial charge is 0.497 e. The number of likely N-dealkylation sites (N-methyl/N-ethyl adjacent to an activating group) is 1. The third-order valence-electron chi connectivity index (χ3n) is 7.08. The van der Waals surface area contributed by atoms with Crippen molar-refractivity contribution < 1.29 is 27.5 Å². The lowest BCUT2D eigenvalue weighted by atomic mass is 10.0. The van der Waals surface area contributed by atoms with Crippen molar-refractivity contribution in [3.05, 3.63) is 120 Å². The first kappa shape index (κ1) is 32.1. The molecule has 0 aromatic heterocycles. The van der Waals surface area contributed by atoms with Crippen LogP contribution in [0.2, 0.25) is 0 Å². The topological polar surface area (TPSA) is 105 Å². The summed E-state index contributed by atoms with van der Waals surface area (Å²) in [6.07, 6.45) is 0.235. The summed E-state index contributed by atoms with van der Waals surface area (Å²) in [5, 5.41) is 2.86. The molecule has 4 rings (SSSR count). The summed E-state index contributed by atoms with van der Waals surface area (Å²) >= 11 is 0. The molecule has 0 aliphatic rings. The first-order chi connectivity index (χ1) is 21.3. The average molecular weight is 616 g/mol. The number of amides is 2. The van der Waals surface area contributed by atoms with E-state index in [0.717, 1.165) is 15.4 Å². The number of hydrogen-bond acceptors (Lipinski definition) is 6. The maximum absolute atomic E-state index is 14.4. The second kappa shape index (κ2) is 15.1. The van der Waals surface area contributed by atoms with Crippen molar-refractivity contribution in [3.8, 4) is 11.5 Å². The van der Waals surface area contributed by atoms with Crippen LogP contribution in [0.3, 0.4) is 0 Å². The minimum absolute atomic E-state index is 0.00106. The van der Waals surface area contributed by atoms with Gasteiger partial charge in [-0.3, -0.25) is 13.9 Å². The smallest absolute Gasteiger partial charge is 0.264 e. The number of ether oxygens (including phenoxy) is 2. The Morgan fingerprint density at radius 3 is 2.00 bits per heavy atom. The minimum Gasteiger partial charge on any atom is -0.497 e. The molecule has 0 heterocycles. The summed E-state index contributed by atoms with van der Waals surface area (Å²) in [6, 6.07) is 30.1. The fraction of sp³-hybridized carbons (Fsp3) is 0.235. The molecule has 0 saturated carbocycles. The van der Waals surface area contributed by atoms with E-state index in [0.29, 0.717) is 23.7 Å². The molecule has 0 bridgehead atoms. The van der Waals surface area contributed by atoms with E-state index in [1.54, 1.807) is 67.8 Å². The zero-order valence-electron chi connectivity index (χ0n) is 25.1. The molecule has 2 amide bonds. The van der Waals surface area contributed by atoms with Gasteiger partial charge in [-0.05, 0) is 66.6 Å². The van der Waals surface area contributed by atoms with Crippen LogP contribution in [0.4, 0.5) is 5.69 Å². The van der Waals surface area contributed by atoms with E-state index < -0.39 is 28.5 Å². The number of para-hydroxylation sites is 1. The molecule has 0 fully saturated rings. The van der Waals surface area contributed by atoms with Crippen molar-refractivity contribution in [3.63, 3.8) is 0 Å². The highest BCUT2D eigenvalue weighted by atomic mass is 32.2. The van der Waals surface area contributed by atoms with Gasteiger partial charge in [0.05, 0.1) is 24.8 Å². The van der Waals surface area contributed by atoms with Crippen LogP contribution in [-0.2, 0) is 32.6 Å². The molecule has 0 radical (unpaired) electrons. The van der Waals surface area contributed by atoms with Crippen molar-refractivity contribution in [2.75, 3.05) is 31.6 Å². The van der Waals surface area contributed by atoms with Crippen molar-refractivity contribution >= 4 is 27.5 Å². The number of nitrogens with zero attached hydrogens (tertiary/aromatic N) is 2. The number of nitrogens with one attached hydrogen (secondary N) is 1. The fourth-order valence-electron chi connectivity index (χ4n) is 4.81. The predicted molar refractivity (Wildman–Crippen MR) is 170 cm³/mol. The molecular formula is C34H37N3O6S. The third kappa shape index (κ3) is 7.96. The van der Waals surface area contributed by atoms with E-state index in [1.165, 1.54) is 24.1 Å². The maximum Gasteiger partial charge on any atom is 0.264 e. The lowest BCUT2D eigenvalue weighted by Crippen LogP contribution is -2.53. The van der Waals surface area contributed by atoms with Crippen LogP contribution in [0.15, 0.2) is 114 Å². The minimum atomic E-state index is -4.20. The second-order valence-electron chi connectivity index (χ2n) is 10.00. The van der Waals surface area contributed by atoms with Crippen LogP contribution in [-0.4, -0.2) is 58.5 Å². The summed E-state index contributed by atoms with van der Waals surface area (Å²) in [4.78, 5) is 29.4. The van der Waals surface area contributed by atoms with E-state index in [2.05, 4.69) is 5.32 Å². The highest BCUT2D eigenvalue weighted by Gasteiger charge is 2.34. The maximum atomic E-state index is 14.4. The number of hydrogen-bond donors (Lipinski definition) is 1. The van der Waals surface area contributed by atoms with Gasteiger partial charge in [-0.1, -0.05) is 60.7 Å². The van der Waals surface area contributed by atoms with Gasteiger partial charge in [0.2, 0.25) is 11.8 Å². The van der Waals surface area contributed by atoms with Crippen molar-refractivity contribution in [2.45, 2.75) is 30.8 Å². The number of rotatable bonds is 14. The van der Waals surface area contributed by atoms with Gasteiger partial charge < -0.3 is 19.7 Å². The second-order valence-corrected chi connectivity index (χ2v) is 11.9. The van der Waals surface area contributed by atoms with Gasteiger partial charge in [0.1, 0.15) is 24.1 Å². The van der Waals surface area contributed by atoms with Crippen LogP contribution in [0, 0.1) is 0 Å². The Bertz CT molecular complexity index is 1630. The van der Waals surface area contributed by atoms with Crippen LogP contribution in [0.5, 0.6) is 11.5 Å². The number of sulfonamides is 1. The Morgan fingerprint density at radius 1 is 0.773 bits per heavy atom. The Hall–Kier alpha value is -4.83. The number of benzene rings is 4. The molecule has 4 aromatic carbocycles. The molecule has 9 nitrogen and oxygen atoms in total. The number of carbonyl (C=O) groups is 2. The van der Waals surface area contributed by atoms with Gasteiger partial charge in [-0.25, -0.2) is 8.42 Å².